The van der Waals surface area contributed by atoms with Crippen LogP contribution in [0.4, 0.5) is 4.39 Å². The summed E-state index contributed by atoms with van der Waals surface area (Å²) < 4.78 is 24.6. The van der Waals surface area contributed by atoms with Crippen molar-refractivity contribution in [1.82, 2.24) is 9.80 Å². The van der Waals surface area contributed by atoms with Crippen molar-refractivity contribution < 1.29 is 18.7 Å². The smallest absolute Gasteiger partial charge is 0.223 e. The first-order valence-electron chi connectivity index (χ1n) is 9.96. The van der Waals surface area contributed by atoms with E-state index in [2.05, 4.69) is 18.7 Å². The van der Waals surface area contributed by atoms with Crippen LogP contribution in [0.25, 0.3) is 0 Å². The summed E-state index contributed by atoms with van der Waals surface area (Å²) >= 11 is 0. The van der Waals surface area contributed by atoms with Crippen molar-refractivity contribution in [3.05, 3.63) is 29.6 Å². The Hall–Kier alpha value is -1.66. The van der Waals surface area contributed by atoms with Crippen LogP contribution >= 0.6 is 0 Å². The lowest BCUT2D eigenvalue weighted by Gasteiger charge is -2.38. The molecule has 0 unspecified atom stereocenters. The topological polar surface area (TPSA) is 42.0 Å². The van der Waals surface area contributed by atoms with Gasteiger partial charge < -0.3 is 14.4 Å². The summed E-state index contributed by atoms with van der Waals surface area (Å²) in [4.78, 5) is 17.2. The summed E-state index contributed by atoms with van der Waals surface area (Å²) in [6, 6.07) is 5.19. The van der Waals surface area contributed by atoms with Crippen LogP contribution in [-0.2, 0) is 16.0 Å². The molecule has 0 N–H and O–H groups in total. The molecule has 0 radical (unpaired) electrons. The molecular weight excluding hydrogens is 347 g/mol. The van der Waals surface area contributed by atoms with Gasteiger partial charge in [0.15, 0.2) is 11.6 Å². The van der Waals surface area contributed by atoms with Crippen molar-refractivity contribution >= 4 is 5.91 Å². The second-order valence-corrected chi connectivity index (χ2v) is 7.83. The first-order chi connectivity index (χ1) is 13.0. The lowest BCUT2D eigenvalue weighted by Crippen LogP contribution is -2.50. The van der Waals surface area contributed by atoms with Gasteiger partial charge in [0.05, 0.1) is 19.3 Å². The first kappa shape index (κ1) is 20.1. The van der Waals surface area contributed by atoms with Crippen LogP contribution in [0.15, 0.2) is 18.2 Å². The van der Waals surface area contributed by atoms with Crippen molar-refractivity contribution in [2.45, 2.75) is 57.8 Å². The lowest BCUT2D eigenvalue weighted by atomic mass is 10.1. The fraction of sp³-hybridized carbons (Fsp3) is 0.667. The molecule has 2 saturated heterocycles. The van der Waals surface area contributed by atoms with Crippen LogP contribution in [0.2, 0.25) is 0 Å². The van der Waals surface area contributed by atoms with Crippen LogP contribution in [0, 0.1) is 5.82 Å². The Kier molecular flexibility index (Phi) is 6.71. The SMILES string of the molecule is COc1ccc(CCC(=O)N2CCC[C@@H]2CN2C[C@@H](C)O[C@@H](C)C2)cc1F. The molecule has 0 bridgehead atoms. The maximum absolute atomic E-state index is 13.8. The van der Waals surface area contributed by atoms with Crippen molar-refractivity contribution in [3.63, 3.8) is 0 Å². The van der Waals surface area contributed by atoms with E-state index in [1.165, 1.54) is 13.2 Å². The van der Waals surface area contributed by atoms with Gasteiger partial charge in [0, 0.05) is 38.6 Å². The van der Waals surface area contributed by atoms with Gasteiger partial charge in [0.1, 0.15) is 0 Å². The van der Waals surface area contributed by atoms with E-state index in [0.717, 1.165) is 44.6 Å². The summed E-state index contributed by atoms with van der Waals surface area (Å²) in [6.45, 7) is 7.81. The average molecular weight is 378 g/mol. The van der Waals surface area contributed by atoms with Gasteiger partial charge in [0.25, 0.3) is 0 Å². The normalized spacial score (nSPS) is 26.4. The third-order valence-electron chi connectivity index (χ3n) is 5.51. The van der Waals surface area contributed by atoms with E-state index in [-0.39, 0.29) is 35.7 Å². The summed E-state index contributed by atoms with van der Waals surface area (Å²) in [5.74, 6) is 0.0267. The second kappa shape index (κ2) is 9.02. The average Bonchev–Trinajstić information content (AvgIpc) is 3.07. The van der Waals surface area contributed by atoms with Crippen LogP contribution in [0.3, 0.4) is 0 Å². The maximum atomic E-state index is 13.8. The Morgan fingerprint density at radius 1 is 1.30 bits per heavy atom. The largest absolute Gasteiger partial charge is 0.494 e. The number of carbonyl (C=O) groups excluding carboxylic acids is 1. The molecular formula is C21H31FN2O3. The lowest BCUT2D eigenvalue weighted by molar-refractivity contribution is -0.133. The molecule has 27 heavy (non-hydrogen) atoms. The third kappa shape index (κ3) is 5.20. The number of benzene rings is 1. The van der Waals surface area contributed by atoms with E-state index >= 15 is 0 Å². The molecule has 2 fully saturated rings. The number of carbonyl (C=O) groups is 1. The third-order valence-corrected chi connectivity index (χ3v) is 5.51. The van der Waals surface area contributed by atoms with Gasteiger partial charge in [-0.2, -0.15) is 0 Å². The van der Waals surface area contributed by atoms with Crippen LogP contribution in [-0.4, -0.2) is 67.2 Å². The minimum Gasteiger partial charge on any atom is -0.494 e. The summed E-state index contributed by atoms with van der Waals surface area (Å²) in [5, 5.41) is 0. The molecule has 3 atom stereocenters. The van der Waals surface area contributed by atoms with Crippen molar-refractivity contribution in [1.29, 1.82) is 0 Å². The fourth-order valence-electron chi connectivity index (χ4n) is 4.35. The number of aryl methyl sites for hydroxylation is 1. The number of rotatable bonds is 6. The minimum absolute atomic E-state index is 0.170. The number of hydrogen-bond donors (Lipinski definition) is 0. The predicted octanol–water partition coefficient (Wildman–Crippen LogP) is 2.87. The molecule has 3 rings (SSSR count). The van der Waals surface area contributed by atoms with Gasteiger partial charge in [-0.3, -0.25) is 9.69 Å². The molecule has 150 valence electrons. The zero-order valence-corrected chi connectivity index (χ0v) is 16.6. The monoisotopic (exact) mass is 378 g/mol. The Balaban J connectivity index is 1.53. The highest BCUT2D eigenvalue weighted by Crippen LogP contribution is 2.23. The number of methoxy groups -OCH3 is 1. The van der Waals surface area contributed by atoms with Gasteiger partial charge in [0.2, 0.25) is 5.91 Å². The molecule has 1 aromatic rings. The summed E-state index contributed by atoms with van der Waals surface area (Å²) in [7, 11) is 1.45. The molecule has 2 aliphatic rings. The summed E-state index contributed by atoms with van der Waals surface area (Å²) in [6.07, 6.45) is 3.56. The zero-order chi connectivity index (χ0) is 19.4. The van der Waals surface area contributed by atoms with E-state index in [9.17, 15) is 9.18 Å². The predicted molar refractivity (Wildman–Crippen MR) is 102 cm³/mol. The molecule has 6 heteroatoms. The van der Waals surface area contributed by atoms with Gasteiger partial charge in [-0.25, -0.2) is 4.39 Å². The number of amides is 1. The van der Waals surface area contributed by atoms with E-state index in [1.807, 2.05) is 11.0 Å². The molecule has 2 heterocycles. The highest BCUT2D eigenvalue weighted by molar-refractivity contribution is 5.77. The minimum atomic E-state index is -0.378. The van der Waals surface area contributed by atoms with Crippen molar-refractivity contribution in [3.8, 4) is 5.75 Å². The van der Waals surface area contributed by atoms with E-state index in [0.29, 0.717) is 12.8 Å². The number of nitrogens with zero attached hydrogens (tertiary/aromatic N) is 2. The van der Waals surface area contributed by atoms with E-state index in [4.69, 9.17) is 9.47 Å². The van der Waals surface area contributed by atoms with E-state index in [1.54, 1.807) is 6.07 Å². The zero-order valence-electron chi connectivity index (χ0n) is 16.6. The number of halogens is 1. The molecule has 2 aliphatic heterocycles. The Morgan fingerprint density at radius 3 is 2.70 bits per heavy atom. The maximum Gasteiger partial charge on any atom is 0.223 e. The van der Waals surface area contributed by atoms with Crippen LogP contribution < -0.4 is 4.74 Å². The molecule has 1 amide bonds. The van der Waals surface area contributed by atoms with Crippen LogP contribution in [0.5, 0.6) is 5.75 Å². The summed E-state index contributed by atoms with van der Waals surface area (Å²) in [5.41, 5.74) is 0.827. The van der Waals surface area contributed by atoms with Crippen LogP contribution in [0.1, 0.15) is 38.7 Å². The Morgan fingerprint density at radius 2 is 2.04 bits per heavy atom. The molecule has 0 aromatic heterocycles. The Bertz CT molecular complexity index is 644. The molecule has 5 nitrogen and oxygen atoms in total. The molecule has 0 aliphatic carbocycles. The quantitative estimate of drug-likeness (QED) is 0.763. The van der Waals surface area contributed by atoms with Gasteiger partial charge in [-0.15, -0.1) is 0 Å². The van der Waals surface area contributed by atoms with Gasteiger partial charge in [-0.05, 0) is 50.8 Å². The molecule has 0 saturated carbocycles. The number of morpholine rings is 1. The number of ether oxygens (including phenoxy) is 2. The van der Waals surface area contributed by atoms with Gasteiger partial charge in [-0.1, -0.05) is 6.07 Å². The number of hydrogen-bond acceptors (Lipinski definition) is 4. The number of likely N-dealkylation sites (tertiary alicyclic amines) is 1. The molecule has 0 spiro atoms. The van der Waals surface area contributed by atoms with Crippen molar-refractivity contribution in [2.24, 2.45) is 0 Å². The first-order valence-corrected chi connectivity index (χ1v) is 9.96. The standard InChI is InChI=1S/C21H31FN2O3/c1-15-12-23(13-16(2)27-15)14-18-5-4-10-24(18)21(25)9-7-17-6-8-20(26-3)19(22)11-17/h6,8,11,15-16,18H,4-5,7,9-10,12-14H2,1-3H3/t15-,16+,18-/m1/s1. The Labute approximate surface area is 161 Å². The fourth-order valence-corrected chi connectivity index (χ4v) is 4.35. The molecule has 1 aromatic carbocycles. The van der Waals surface area contributed by atoms with E-state index < -0.39 is 0 Å². The van der Waals surface area contributed by atoms with Crippen molar-refractivity contribution in [2.75, 3.05) is 33.3 Å². The highest BCUT2D eigenvalue weighted by Gasteiger charge is 2.32. The van der Waals surface area contributed by atoms with Gasteiger partial charge >= 0.3 is 0 Å². The highest BCUT2D eigenvalue weighted by atomic mass is 19.1. The second-order valence-electron chi connectivity index (χ2n) is 7.83.